The molecule has 1 aromatic rings. The Bertz CT molecular complexity index is 184. The molecule has 1 aromatic heterocycles. The normalized spacial score (nSPS) is 10.4. The molecule has 0 bridgehead atoms. The van der Waals surface area contributed by atoms with Gasteiger partial charge in [-0.15, -0.1) is 0 Å². The van der Waals surface area contributed by atoms with E-state index in [9.17, 15) is 0 Å². The maximum atomic E-state index is 5.16. The van der Waals surface area contributed by atoms with Crippen molar-refractivity contribution in [3.63, 3.8) is 0 Å². The van der Waals surface area contributed by atoms with E-state index in [1.54, 1.807) is 6.26 Å². The van der Waals surface area contributed by atoms with Crippen LogP contribution in [0.3, 0.4) is 0 Å². The summed E-state index contributed by atoms with van der Waals surface area (Å²) in [5.41, 5.74) is 0. The standard InChI is InChI=1S/C9H15NO2/c1-2-11-7-5-10-8-9-4-3-6-12-9/h3-4,6,10H,2,5,7-8H2,1H3. The van der Waals surface area contributed by atoms with Gasteiger partial charge in [-0.3, -0.25) is 0 Å². The summed E-state index contributed by atoms with van der Waals surface area (Å²) in [7, 11) is 0. The van der Waals surface area contributed by atoms with Crippen LogP contribution in [0.2, 0.25) is 0 Å². The highest BCUT2D eigenvalue weighted by molar-refractivity contribution is 4.97. The van der Waals surface area contributed by atoms with E-state index >= 15 is 0 Å². The fraction of sp³-hybridized carbons (Fsp3) is 0.556. The van der Waals surface area contributed by atoms with Crippen molar-refractivity contribution in [1.82, 2.24) is 5.32 Å². The van der Waals surface area contributed by atoms with Gasteiger partial charge in [0, 0.05) is 13.2 Å². The van der Waals surface area contributed by atoms with Gasteiger partial charge in [0.15, 0.2) is 0 Å². The zero-order chi connectivity index (χ0) is 8.65. The van der Waals surface area contributed by atoms with Crippen LogP contribution in [0.15, 0.2) is 22.8 Å². The average Bonchev–Trinajstić information content (AvgIpc) is 2.57. The minimum atomic E-state index is 0.761. The number of ether oxygens (including phenoxy) is 1. The molecule has 0 aliphatic rings. The summed E-state index contributed by atoms with van der Waals surface area (Å²) < 4.78 is 10.3. The van der Waals surface area contributed by atoms with Crippen molar-refractivity contribution < 1.29 is 9.15 Å². The monoisotopic (exact) mass is 169 g/mol. The molecule has 1 N–H and O–H groups in total. The van der Waals surface area contributed by atoms with Crippen molar-refractivity contribution in [3.8, 4) is 0 Å². The fourth-order valence-electron chi connectivity index (χ4n) is 0.913. The maximum absolute atomic E-state index is 5.16. The molecule has 0 saturated heterocycles. The third kappa shape index (κ3) is 3.55. The first-order chi connectivity index (χ1) is 5.93. The van der Waals surface area contributed by atoms with Crippen LogP contribution in [0, 0.1) is 0 Å². The number of hydrogen-bond acceptors (Lipinski definition) is 3. The molecule has 3 heteroatoms. The van der Waals surface area contributed by atoms with Gasteiger partial charge >= 0.3 is 0 Å². The average molecular weight is 169 g/mol. The highest BCUT2D eigenvalue weighted by Gasteiger charge is 1.92. The van der Waals surface area contributed by atoms with Crippen molar-refractivity contribution in [2.24, 2.45) is 0 Å². The summed E-state index contributed by atoms with van der Waals surface area (Å²) >= 11 is 0. The van der Waals surface area contributed by atoms with Crippen molar-refractivity contribution >= 4 is 0 Å². The van der Waals surface area contributed by atoms with Gasteiger partial charge in [0.1, 0.15) is 5.76 Å². The molecule has 0 amide bonds. The van der Waals surface area contributed by atoms with Crippen LogP contribution in [0.1, 0.15) is 12.7 Å². The van der Waals surface area contributed by atoms with Gasteiger partial charge in [-0.2, -0.15) is 0 Å². The van der Waals surface area contributed by atoms with Crippen LogP contribution in [-0.2, 0) is 11.3 Å². The van der Waals surface area contributed by atoms with Crippen LogP contribution in [0.4, 0.5) is 0 Å². The van der Waals surface area contributed by atoms with E-state index in [2.05, 4.69) is 5.32 Å². The molecule has 0 saturated carbocycles. The van der Waals surface area contributed by atoms with Gasteiger partial charge in [0.2, 0.25) is 0 Å². The first-order valence-corrected chi connectivity index (χ1v) is 4.24. The van der Waals surface area contributed by atoms with Crippen LogP contribution in [0.25, 0.3) is 0 Å². The summed E-state index contributed by atoms with van der Waals surface area (Å²) in [5.74, 6) is 0.964. The van der Waals surface area contributed by atoms with Crippen molar-refractivity contribution in [2.45, 2.75) is 13.5 Å². The minimum absolute atomic E-state index is 0.761. The lowest BCUT2D eigenvalue weighted by Crippen LogP contribution is -2.18. The summed E-state index contributed by atoms with van der Waals surface area (Å²) in [4.78, 5) is 0. The van der Waals surface area contributed by atoms with Gasteiger partial charge in [0.05, 0.1) is 19.4 Å². The Morgan fingerprint density at radius 3 is 3.17 bits per heavy atom. The molecule has 0 aliphatic carbocycles. The lowest BCUT2D eigenvalue weighted by Gasteiger charge is -2.01. The summed E-state index contributed by atoms with van der Waals surface area (Å²) in [5, 5.41) is 3.20. The fourth-order valence-corrected chi connectivity index (χ4v) is 0.913. The van der Waals surface area contributed by atoms with Gasteiger partial charge in [-0.05, 0) is 19.1 Å². The summed E-state index contributed by atoms with van der Waals surface area (Å²) in [6.07, 6.45) is 1.68. The summed E-state index contributed by atoms with van der Waals surface area (Å²) in [6.45, 7) is 5.18. The van der Waals surface area contributed by atoms with E-state index < -0.39 is 0 Å². The zero-order valence-electron chi connectivity index (χ0n) is 7.38. The van der Waals surface area contributed by atoms with E-state index in [1.807, 2.05) is 19.1 Å². The van der Waals surface area contributed by atoms with Crippen LogP contribution < -0.4 is 5.32 Å². The molecule has 0 spiro atoms. The third-order valence-corrected chi connectivity index (χ3v) is 1.51. The van der Waals surface area contributed by atoms with E-state index in [4.69, 9.17) is 9.15 Å². The van der Waals surface area contributed by atoms with Crippen LogP contribution in [-0.4, -0.2) is 19.8 Å². The van der Waals surface area contributed by atoms with Gasteiger partial charge in [-0.1, -0.05) is 0 Å². The molecular formula is C9H15NO2. The topological polar surface area (TPSA) is 34.4 Å². The van der Waals surface area contributed by atoms with E-state index in [-0.39, 0.29) is 0 Å². The predicted octanol–water partition coefficient (Wildman–Crippen LogP) is 1.41. The van der Waals surface area contributed by atoms with E-state index in [0.29, 0.717) is 0 Å². The summed E-state index contributed by atoms with van der Waals surface area (Å²) in [6, 6.07) is 3.84. The SMILES string of the molecule is CCOCCNCc1ccco1. The molecule has 0 radical (unpaired) electrons. The molecule has 0 aliphatic heterocycles. The first kappa shape index (κ1) is 9.29. The van der Waals surface area contributed by atoms with E-state index in [0.717, 1.165) is 32.1 Å². The Morgan fingerprint density at radius 2 is 2.50 bits per heavy atom. The second kappa shape index (κ2) is 5.80. The number of nitrogens with one attached hydrogen (secondary N) is 1. The highest BCUT2D eigenvalue weighted by Crippen LogP contribution is 1.97. The molecule has 68 valence electrons. The second-order valence-corrected chi connectivity index (χ2v) is 2.45. The molecule has 0 atom stereocenters. The highest BCUT2D eigenvalue weighted by atomic mass is 16.5. The van der Waals surface area contributed by atoms with Gasteiger partial charge < -0.3 is 14.5 Å². The predicted molar refractivity (Wildman–Crippen MR) is 46.9 cm³/mol. The molecule has 0 aromatic carbocycles. The minimum Gasteiger partial charge on any atom is -0.468 e. The lowest BCUT2D eigenvalue weighted by atomic mass is 10.4. The van der Waals surface area contributed by atoms with Crippen LogP contribution in [0.5, 0.6) is 0 Å². The first-order valence-electron chi connectivity index (χ1n) is 4.24. The Balaban J connectivity index is 1.96. The molecule has 0 fully saturated rings. The van der Waals surface area contributed by atoms with Crippen molar-refractivity contribution in [1.29, 1.82) is 0 Å². The number of rotatable bonds is 6. The Hall–Kier alpha value is -0.800. The molecular weight excluding hydrogens is 154 g/mol. The van der Waals surface area contributed by atoms with Crippen molar-refractivity contribution in [3.05, 3.63) is 24.2 Å². The third-order valence-electron chi connectivity index (χ3n) is 1.51. The smallest absolute Gasteiger partial charge is 0.117 e. The van der Waals surface area contributed by atoms with E-state index in [1.165, 1.54) is 0 Å². The van der Waals surface area contributed by atoms with Gasteiger partial charge in [0.25, 0.3) is 0 Å². The zero-order valence-corrected chi connectivity index (χ0v) is 7.38. The van der Waals surface area contributed by atoms with Gasteiger partial charge in [-0.25, -0.2) is 0 Å². The number of furan rings is 1. The molecule has 3 nitrogen and oxygen atoms in total. The van der Waals surface area contributed by atoms with Crippen molar-refractivity contribution in [2.75, 3.05) is 19.8 Å². The second-order valence-electron chi connectivity index (χ2n) is 2.45. The maximum Gasteiger partial charge on any atom is 0.117 e. The van der Waals surface area contributed by atoms with Crippen LogP contribution >= 0.6 is 0 Å². The Morgan fingerprint density at radius 1 is 1.58 bits per heavy atom. The molecule has 0 unspecified atom stereocenters. The largest absolute Gasteiger partial charge is 0.468 e. The lowest BCUT2D eigenvalue weighted by molar-refractivity contribution is 0.148. The molecule has 12 heavy (non-hydrogen) atoms. The Labute approximate surface area is 72.7 Å². The number of hydrogen-bond donors (Lipinski definition) is 1. The quantitative estimate of drug-likeness (QED) is 0.654. The molecule has 1 heterocycles. The molecule has 1 rings (SSSR count). The Kier molecular flexibility index (Phi) is 4.49.